The first-order valence-electron chi connectivity index (χ1n) is 4.84. The minimum absolute atomic E-state index is 0.286. The second kappa shape index (κ2) is 3.50. The van der Waals surface area contributed by atoms with Crippen molar-refractivity contribution < 1.29 is 9.84 Å². The van der Waals surface area contributed by atoms with Crippen LogP contribution in [0, 0.1) is 0 Å². The number of anilines is 1. The molecule has 1 aromatic carbocycles. The maximum Gasteiger partial charge on any atom is 0.142 e. The molecule has 76 valence electrons. The van der Waals surface area contributed by atoms with Crippen molar-refractivity contribution >= 4 is 5.69 Å². The van der Waals surface area contributed by atoms with Crippen LogP contribution in [0.4, 0.5) is 5.69 Å². The molecule has 0 bridgehead atoms. The van der Waals surface area contributed by atoms with E-state index in [4.69, 9.17) is 4.74 Å². The zero-order valence-electron chi connectivity index (χ0n) is 8.45. The first-order valence-corrected chi connectivity index (χ1v) is 4.84. The molecule has 2 rings (SSSR count). The van der Waals surface area contributed by atoms with Gasteiger partial charge in [0.1, 0.15) is 5.75 Å². The molecule has 14 heavy (non-hydrogen) atoms. The van der Waals surface area contributed by atoms with Crippen molar-refractivity contribution in [2.45, 2.75) is 25.5 Å². The average Bonchev–Trinajstić information content (AvgIpc) is 2.17. The number of para-hydroxylation sites is 1. The Bertz CT molecular complexity index is 338. The molecule has 0 fully saturated rings. The summed E-state index contributed by atoms with van der Waals surface area (Å²) in [5, 5.41) is 13.2. The molecule has 1 aromatic rings. The number of methoxy groups -OCH3 is 1. The zero-order chi connectivity index (χ0) is 10.1. The highest BCUT2D eigenvalue weighted by atomic mass is 16.5. The first-order chi connectivity index (χ1) is 6.72. The monoisotopic (exact) mass is 193 g/mol. The highest BCUT2D eigenvalue weighted by Crippen LogP contribution is 2.38. The summed E-state index contributed by atoms with van der Waals surface area (Å²) >= 11 is 0. The lowest BCUT2D eigenvalue weighted by Crippen LogP contribution is -2.25. The van der Waals surface area contributed by atoms with Crippen molar-refractivity contribution in [2.24, 2.45) is 0 Å². The van der Waals surface area contributed by atoms with Crippen LogP contribution in [0.15, 0.2) is 18.2 Å². The lowest BCUT2D eigenvalue weighted by molar-refractivity contribution is 0.157. The predicted molar refractivity (Wildman–Crippen MR) is 55.7 cm³/mol. The third-order valence-corrected chi connectivity index (χ3v) is 2.60. The fraction of sp³-hybridized carbons (Fsp3) is 0.455. The van der Waals surface area contributed by atoms with Crippen LogP contribution in [-0.4, -0.2) is 18.3 Å². The van der Waals surface area contributed by atoms with Gasteiger partial charge in [0.2, 0.25) is 0 Å². The van der Waals surface area contributed by atoms with Crippen LogP contribution in [0.3, 0.4) is 0 Å². The van der Waals surface area contributed by atoms with Gasteiger partial charge in [0.25, 0.3) is 0 Å². The summed E-state index contributed by atoms with van der Waals surface area (Å²) in [4.78, 5) is 0. The van der Waals surface area contributed by atoms with E-state index < -0.39 is 0 Å². The Labute approximate surface area is 83.7 Å². The van der Waals surface area contributed by atoms with Gasteiger partial charge < -0.3 is 15.2 Å². The number of aliphatic hydroxyl groups is 1. The molecule has 0 saturated carbocycles. The summed E-state index contributed by atoms with van der Waals surface area (Å²) in [6, 6.07) is 6.02. The molecular formula is C11H15NO2. The van der Waals surface area contributed by atoms with E-state index >= 15 is 0 Å². The van der Waals surface area contributed by atoms with Gasteiger partial charge in [0.15, 0.2) is 0 Å². The third-order valence-electron chi connectivity index (χ3n) is 2.60. The summed E-state index contributed by atoms with van der Waals surface area (Å²) in [6.45, 7) is 2.05. The van der Waals surface area contributed by atoms with Gasteiger partial charge in [0, 0.05) is 11.6 Å². The molecule has 0 radical (unpaired) electrons. The highest BCUT2D eigenvalue weighted by molar-refractivity contribution is 5.64. The fourth-order valence-corrected chi connectivity index (χ4v) is 1.92. The smallest absolute Gasteiger partial charge is 0.142 e. The molecule has 2 N–H and O–H groups in total. The molecule has 0 aliphatic carbocycles. The Hall–Kier alpha value is -1.22. The number of hydrogen-bond acceptors (Lipinski definition) is 3. The van der Waals surface area contributed by atoms with E-state index in [9.17, 15) is 5.11 Å². The Morgan fingerprint density at radius 2 is 2.29 bits per heavy atom. The van der Waals surface area contributed by atoms with Gasteiger partial charge >= 0.3 is 0 Å². The van der Waals surface area contributed by atoms with Crippen LogP contribution in [0.1, 0.15) is 25.0 Å². The molecule has 1 aliphatic heterocycles. The number of hydrogen-bond donors (Lipinski definition) is 2. The van der Waals surface area contributed by atoms with Crippen LogP contribution in [0.25, 0.3) is 0 Å². The van der Waals surface area contributed by atoms with Crippen LogP contribution in [-0.2, 0) is 0 Å². The predicted octanol–water partition coefficient (Wildman–Crippen LogP) is 1.93. The van der Waals surface area contributed by atoms with E-state index in [0.717, 1.165) is 23.4 Å². The Morgan fingerprint density at radius 1 is 1.50 bits per heavy atom. The third kappa shape index (κ3) is 1.44. The SMILES string of the molecule is COc1cccc2c1NC(C)CC2O. The van der Waals surface area contributed by atoms with Gasteiger partial charge in [-0.1, -0.05) is 12.1 Å². The van der Waals surface area contributed by atoms with Crippen molar-refractivity contribution in [3.63, 3.8) is 0 Å². The maximum atomic E-state index is 9.86. The average molecular weight is 193 g/mol. The number of ether oxygens (including phenoxy) is 1. The minimum atomic E-state index is -0.378. The lowest BCUT2D eigenvalue weighted by atomic mass is 9.96. The van der Waals surface area contributed by atoms with Gasteiger partial charge in [-0.05, 0) is 19.4 Å². The molecule has 2 atom stereocenters. The van der Waals surface area contributed by atoms with Crippen molar-refractivity contribution in [2.75, 3.05) is 12.4 Å². The van der Waals surface area contributed by atoms with Gasteiger partial charge in [0.05, 0.1) is 18.9 Å². The minimum Gasteiger partial charge on any atom is -0.495 e. The lowest BCUT2D eigenvalue weighted by Gasteiger charge is -2.29. The topological polar surface area (TPSA) is 41.5 Å². The Morgan fingerprint density at radius 3 is 3.00 bits per heavy atom. The standard InChI is InChI=1S/C11H15NO2/c1-7-6-9(13)8-4-3-5-10(14-2)11(8)12-7/h3-5,7,9,12-13H,6H2,1-2H3. The Kier molecular flexibility index (Phi) is 2.33. The summed E-state index contributed by atoms with van der Waals surface area (Å²) in [5.41, 5.74) is 1.86. The van der Waals surface area contributed by atoms with Crippen molar-refractivity contribution in [1.82, 2.24) is 0 Å². The van der Waals surface area contributed by atoms with Crippen molar-refractivity contribution in [3.05, 3.63) is 23.8 Å². The molecule has 0 saturated heterocycles. The molecule has 0 aromatic heterocycles. The van der Waals surface area contributed by atoms with E-state index in [1.807, 2.05) is 18.2 Å². The van der Waals surface area contributed by atoms with Crippen LogP contribution in [0.5, 0.6) is 5.75 Å². The molecule has 3 heteroatoms. The second-order valence-corrected chi connectivity index (χ2v) is 3.72. The number of aliphatic hydroxyl groups excluding tert-OH is 1. The second-order valence-electron chi connectivity index (χ2n) is 3.72. The first kappa shape index (κ1) is 9.34. The summed E-state index contributed by atoms with van der Waals surface area (Å²) in [6.07, 6.45) is 0.372. The van der Waals surface area contributed by atoms with E-state index in [1.165, 1.54) is 0 Å². The molecule has 3 nitrogen and oxygen atoms in total. The van der Waals surface area contributed by atoms with Gasteiger partial charge in [-0.2, -0.15) is 0 Å². The number of rotatable bonds is 1. The summed E-state index contributed by atoms with van der Waals surface area (Å²) in [7, 11) is 1.64. The summed E-state index contributed by atoms with van der Waals surface area (Å²) < 4.78 is 5.24. The quantitative estimate of drug-likeness (QED) is 0.716. The van der Waals surface area contributed by atoms with E-state index in [2.05, 4.69) is 12.2 Å². The number of nitrogens with one attached hydrogen (secondary N) is 1. The van der Waals surface area contributed by atoms with Gasteiger partial charge in [-0.15, -0.1) is 0 Å². The van der Waals surface area contributed by atoms with E-state index in [-0.39, 0.29) is 12.1 Å². The fourth-order valence-electron chi connectivity index (χ4n) is 1.92. The van der Waals surface area contributed by atoms with E-state index in [0.29, 0.717) is 0 Å². The highest BCUT2D eigenvalue weighted by Gasteiger charge is 2.24. The molecular weight excluding hydrogens is 178 g/mol. The zero-order valence-corrected chi connectivity index (χ0v) is 8.45. The summed E-state index contributed by atoms with van der Waals surface area (Å²) in [5.74, 6) is 0.799. The van der Waals surface area contributed by atoms with E-state index in [1.54, 1.807) is 7.11 Å². The van der Waals surface area contributed by atoms with Crippen molar-refractivity contribution in [3.8, 4) is 5.75 Å². The van der Waals surface area contributed by atoms with Gasteiger partial charge in [-0.25, -0.2) is 0 Å². The largest absolute Gasteiger partial charge is 0.495 e. The maximum absolute atomic E-state index is 9.86. The molecule has 2 unspecified atom stereocenters. The van der Waals surface area contributed by atoms with Crippen molar-refractivity contribution in [1.29, 1.82) is 0 Å². The molecule has 1 heterocycles. The van der Waals surface area contributed by atoms with Crippen LogP contribution < -0.4 is 10.1 Å². The number of benzene rings is 1. The van der Waals surface area contributed by atoms with Crippen LogP contribution >= 0.6 is 0 Å². The van der Waals surface area contributed by atoms with Gasteiger partial charge in [-0.3, -0.25) is 0 Å². The van der Waals surface area contributed by atoms with Crippen LogP contribution in [0.2, 0.25) is 0 Å². The normalized spacial score (nSPS) is 25.1. The molecule has 0 spiro atoms. The Balaban J connectivity index is 2.47. The molecule has 1 aliphatic rings. The molecule has 0 amide bonds. The number of fused-ring (bicyclic) bond motifs is 1.